The minimum atomic E-state index is -0.118. The molecule has 6 heteroatoms. The third-order valence-corrected chi connectivity index (χ3v) is 4.04. The van der Waals surface area contributed by atoms with Crippen molar-refractivity contribution in [2.45, 2.75) is 18.9 Å². The van der Waals surface area contributed by atoms with Gasteiger partial charge in [-0.3, -0.25) is 9.69 Å². The van der Waals surface area contributed by atoms with Crippen LogP contribution in [0.1, 0.15) is 23.3 Å². The summed E-state index contributed by atoms with van der Waals surface area (Å²) >= 11 is 6.02. The maximum Gasteiger partial charge on any atom is 0.274 e. The molecule has 5 nitrogen and oxygen atoms in total. The summed E-state index contributed by atoms with van der Waals surface area (Å²) in [5.41, 5.74) is 5.88. The molecular formula is C13H17ClN4O. The summed E-state index contributed by atoms with van der Waals surface area (Å²) in [4.78, 5) is 20.7. The van der Waals surface area contributed by atoms with Crippen LogP contribution in [-0.2, 0) is 0 Å². The lowest BCUT2D eigenvalue weighted by Crippen LogP contribution is -2.49. The van der Waals surface area contributed by atoms with E-state index in [1.807, 2.05) is 4.90 Å². The minimum absolute atomic E-state index is 0.118. The van der Waals surface area contributed by atoms with Crippen LogP contribution in [0, 0.1) is 0 Å². The number of anilines is 1. The van der Waals surface area contributed by atoms with E-state index in [0.29, 0.717) is 10.8 Å². The van der Waals surface area contributed by atoms with Gasteiger partial charge < -0.3 is 10.6 Å². The number of carbonyl (C=O) groups is 1. The Morgan fingerprint density at radius 2 is 1.95 bits per heavy atom. The molecule has 0 spiro atoms. The molecule has 3 rings (SSSR count). The predicted molar refractivity (Wildman–Crippen MR) is 74.2 cm³/mol. The minimum Gasteiger partial charge on any atom is -0.384 e. The van der Waals surface area contributed by atoms with Gasteiger partial charge in [0.1, 0.15) is 11.5 Å². The van der Waals surface area contributed by atoms with Gasteiger partial charge in [0.2, 0.25) is 0 Å². The summed E-state index contributed by atoms with van der Waals surface area (Å²) in [5.74, 6) is 0.206. The van der Waals surface area contributed by atoms with Crippen LogP contribution in [0.25, 0.3) is 0 Å². The predicted octanol–water partition coefficient (Wildman–Crippen LogP) is 1.24. The van der Waals surface area contributed by atoms with Gasteiger partial charge in [-0.25, -0.2) is 4.98 Å². The number of pyridine rings is 1. The molecule has 0 atom stereocenters. The van der Waals surface area contributed by atoms with Gasteiger partial charge >= 0.3 is 0 Å². The summed E-state index contributed by atoms with van der Waals surface area (Å²) < 4.78 is 0. The van der Waals surface area contributed by atoms with Crippen molar-refractivity contribution in [2.24, 2.45) is 0 Å². The highest BCUT2D eigenvalue weighted by Gasteiger charge is 2.33. The largest absolute Gasteiger partial charge is 0.384 e. The highest BCUT2D eigenvalue weighted by Crippen LogP contribution is 2.28. The zero-order valence-corrected chi connectivity index (χ0v) is 11.4. The molecule has 0 bridgehead atoms. The Hall–Kier alpha value is -1.33. The summed E-state index contributed by atoms with van der Waals surface area (Å²) in [7, 11) is 0. The van der Waals surface area contributed by atoms with Crippen LogP contribution in [0.3, 0.4) is 0 Å². The van der Waals surface area contributed by atoms with Gasteiger partial charge in [0.05, 0.1) is 5.02 Å². The number of hydrogen-bond acceptors (Lipinski definition) is 4. The maximum absolute atomic E-state index is 12.4. The second-order valence-corrected chi connectivity index (χ2v) is 5.53. The number of aromatic nitrogens is 1. The highest BCUT2D eigenvalue weighted by molar-refractivity contribution is 6.33. The van der Waals surface area contributed by atoms with Crippen molar-refractivity contribution in [1.82, 2.24) is 14.8 Å². The van der Waals surface area contributed by atoms with Gasteiger partial charge in [-0.2, -0.15) is 0 Å². The number of rotatable bonds is 2. The van der Waals surface area contributed by atoms with Gasteiger partial charge in [-0.1, -0.05) is 11.6 Å². The SMILES string of the molecule is Nc1ccc(Cl)c(C(=O)N2CCN(C3CC3)CC2)n1. The average molecular weight is 281 g/mol. The fourth-order valence-electron chi connectivity index (χ4n) is 2.49. The van der Waals surface area contributed by atoms with E-state index in [0.717, 1.165) is 32.2 Å². The summed E-state index contributed by atoms with van der Waals surface area (Å²) in [6.07, 6.45) is 2.60. The Bertz CT molecular complexity index is 495. The number of carbonyl (C=O) groups excluding carboxylic acids is 1. The highest BCUT2D eigenvalue weighted by atomic mass is 35.5. The summed E-state index contributed by atoms with van der Waals surface area (Å²) in [5, 5.41) is 0.365. The Morgan fingerprint density at radius 1 is 1.26 bits per heavy atom. The Morgan fingerprint density at radius 3 is 2.58 bits per heavy atom. The molecule has 1 amide bonds. The van der Waals surface area contributed by atoms with Crippen LogP contribution < -0.4 is 5.73 Å². The van der Waals surface area contributed by atoms with E-state index in [-0.39, 0.29) is 11.6 Å². The van der Waals surface area contributed by atoms with E-state index in [2.05, 4.69) is 9.88 Å². The molecule has 0 aromatic carbocycles. The molecule has 0 radical (unpaired) electrons. The van der Waals surface area contributed by atoms with Crippen LogP contribution in [0.4, 0.5) is 5.82 Å². The monoisotopic (exact) mass is 280 g/mol. The number of piperazine rings is 1. The van der Waals surface area contributed by atoms with E-state index < -0.39 is 0 Å². The lowest BCUT2D eigenvalue weighted by Gasteiger charge is -2.34. The number of hydrogen-bond donors (Lipinski definition) is 1. The van der Waals surface area contributed by atoms with Crippen LogP contribution in [0.15, 0.2) is 12.1 Å². The molecule has 102 valence electrons. The molecule has 1 aromatic rings. The Balaban J connectivity index is 1.68. The summed E-state index contributed by atoms with van der Waals surface area (Å²) in [6.45, 7) is 3.36. The standard InChI is InChI=1S/C13H17ClN4O/c14-10-3-4-11(15)16-12(10)13(19)18-7-5-17(6-8-18)9-1-2-9/h3-4,9H,1-2,5-8H2,(H2,15,16). The third kappa shape index (κ3) is 2.67. The zero-order valence-electron chi connectivity index (χ0n) is 10.7. The number of halogens is 1. The smallest absolute Gasteiger partial charge is 0.274 e. The van der Waals surface area contributed by atoms with Crippen LogP contribution >= 0.6 is 11.6 Å². The summed E-state index contributed by atoms with van der Waals surface area (Å²) in [6, 6.07) is 3.98. The molecular weight excluding hydrogens is 264 g/mol. The topological polar surface area (TPSA) is 62.5 Å². The molecule has 1 saturated carbocycles. The van der Waals surface area contributed by atoms with Crippen molar-refractivity contribution in [3.63, 3.8) is 0 Å². The third-order valence-electron chi connectivity index (χ3n) is 3.73. The van der Waals surface area contributed by atoms with Crippen molar-refractivity contribution >= 4 is 23.3 Å². The number of nitrogens with zero attached hydrogens (tertiary/aromatic N) is 3. The fourth-order valence-corrected chi connectivity index (χ4v) is 2.67. The maximum atomic E-state index is 12.4. The molecule has 0 unspecified atom stereocenters. The van der Waals surface area contributed by atoms with Gasteiger partial charge in [0, 0.05) is 32.2 Å². The lowest BCUT2D eigenvalue weighted by molar-refractivity contribution is 0.0622. The molecule has 1 aliphatic carbocycles. The second kappa shape index (κ2) is 4.98. The lowest BCUT2D eigenvalue weighted by atomic mass is 10.2. The Labute approximate surface area is 117 Å². The van der Waals surface area contributed by atoms with Gasteiger partial charge in [0.25, 0.3) is 5.91 Å². The number of nitrogens with two attached hydrogens (primary N) is 1. The van der Waals surface area contributed by atoms with E-state index in [4.69, 9.17) is 17.3 Å². The molecule has 1 saturated heterocycles. The van der Waals surface area contributed by atoms with Crippen molar-refractivity contribution < 1.29 is 4.79 Å². The van der Waals surface area contributed by atoms with E-state index in [1.165, 1.54) is 12.8 Å². The molecule has 1 aliphatic heterocycles. The normalized spacial score (nSPS) is 20.6. The quantitative estimate of drug-likeness (QED) is 0.885. The molecule has 2 N–H and O–H groups in total. The first-order chi connectivity index (χ1) is 9.15. The van der Waals surface area contributed by atoms with Crippen molar-refractivity contribution in [3.8, 4) is 0 Å². The van der Waals surface area contributed by atoms with Crippen molar-refractivity contribution in [3.05, 3.63) is 22.8 Å². The first-order valence-corrected chi connectivity index (χ1v) is 6.98. The van der Waals surface area contributed by atoms with Crippen LogP contribution in [-0.4, -0.2) is 52.9 Å². The van der Waals surface area contributed by atoms with Crippen molar-refractivity contribution in [1.29, 1.82) is 0 Å². The molecule has 1 aromatic heterocycles. The fraction of sp³-hybridized carbons (Fsp3) is 0.538. The van der Waals surface area contributed by atoms with Gasteiger partial charge in [-0.05, 0) is 25.0 Å². The van der Waals surface area contributed by atoms with Gasteiger partial charge in [0.15, 0.2) is 0 Å². The first-order valence-electron chi connectivity index (χ1n) is 6.60. The first kappa shape index (κ1) is 12.7. The van der Waals surface area contributed by atoms with Crippen LogP contribution in [0.5, 0.6) is 0 Å². The molecule has 2 heterocycles. The number of amides is 1. The second-order valence-electron chi connectivity index (χ2n) is 5.13. The molecule has 19 heavy (non-hydrogen) atoms. The average Bonchev–Trinajstić information content (AvgIpc) is 3.25. The molecule has 2 fully saturated rings. The molecule has 2 aliphatic rings. The van der Waals surface area contributed by atoms with Gasteiger partial charge in [-0.15, -0.1) is 0 Å². The van der Waals surface area contributed by atoms with Crippen LogP contribution in [0.2, 0.25) is 5.02 Å². The van der Waals surface area contributed by atoms with E-state index >= 15 is 0 Å². The Kier molecular flexibility index (Phi) is 3.33. The van der Waals surface area contributed by atoms with E-state index in [9.17, 15) is 4.79 Å². The van der Waals surface area contributed by atoms with E-state index in [1.54, 1.807) is 12.1 Å². The number of nitrogen functional groups attached to an aromatic ring is 1. The zero-order chi connectivity index (χ0) is 13.4. The van der Waals surface area contributed by atoms with Crippen molar-refractivity contribution in [2.75, 3.05) is 31.9 Å².